The molecule has 8 heteroatoms. The lowest BCUT2D eigenvalue weighted by Gasteiger charge is -2.03. The third-order valence-corrected chi connectivity index (χ3v) is 3.85. The summed E-state index contributed by atoms with van der Waals surface area (Å²) in [5.41, 5.74) is 2.09. The van der Waals surface area contributed by atoms with E-state index in [9.17, 15) is 4.79 Å². The van der Waals surface area contributed by atoms with Crippen LogP contribution in [0.25, 0.3) is 11.4 Å². The zero-order valence-electron chi connectivity index (χ0n) is 12.7. The molecule has 1 aromatic carbocycles. The standard InChI is InChI=1S/C15H15N5O2S/c1-9-16-13(20-19-9)10-4-3-5-11(6-10)14(21)18-15-17-12(7-22-2)8-23-15/h3-6,8H,7H2,1-2H3,(H,16,19,20)(H,17,18,21). The van der Waals surface area contributed by atoms with Crippen LogP contribution in [0.5, 0.6) is 0 Å². The maximum atomic E-state index is 12.3. The third kappa shape index (κ3) is 3.61. The number of aryl methyl sites for hydroxylation is 1. The summed E-state index contributed by atoms with van der Waals surface area (Å²) >= 11 is 1.36. The van der Waals surface area contributed by atoms with Gasteiger partial charge in [0.25, 0.3) is 5.91 Å². The van der Waals surface area contributed by atoms with Gasteiger partial charge in [-0.05, 0) is 19.1 Å². The summed E-state index contributed by atoms with van der Waals surface area (Å²) in [6, 6.07) is 7.15. The molecular formula is C15H15N5O2S. The van der Waals surface area contributed by atoms with Crippen LogP contribution < -0.4 is 5.32 Å². The Bertz CT molecular complexity index is 827. The molecule has 0 saturated heterocycles. The number of hydrogen-bond acceptors (Lipinski definition) is 6. The molecular weight excluding hydrogens is 314 g/mol. The molecule has 0 saturated carbocycles. The van der Waals surface area contributed by atoms with Crippen molar-refractivity contribution in [1.29, 1.82) is 0 Å². The number of ether oxygens (including phenoxy) is 1. The first-order valence-electron chi connectivity index (χ1n) is 6.90. The second-order valence-corrected chi connectivity index (χ2v) is 5.71. The second-order valence-electron chi connectivity index (χ2n) is 4.86. The second kappa shape index (κ2) is 6.67. The van der Waals surface area contributed by atoms with Gasteiger partial charge in [0, 0.05) is 23.6 Å². The maximum absolute atomic E-state index is 12.3. The quantitative estimate of drug-likeness (QED) is 0.750. The van der Waals surface area contributed by atoms with Crippen LogP contribution in [0, 0.1) is 6.92 Å². The van der Waals surface area contributed by atoms with Crippen LogP contribution in [0.2, 0.25) is 0 Å². The van der Waals surface area contributed by atoms with E-state index in [0.29, 0.717) is 23.1 Å². The fourth-order valence-corrected chi connectivity index (χ4v) is 2.71. The van der Waals surface area contributed by atoms with Crippen LogP contribution in [0.4, 0.5) is 5.13 Å². The Kier molecular flexibility index (Phi) is 4.45. The fraction of sp³-hybridized carbons (Fsp3) is 0.200. The number of benzene rings is 1. The largest absolute Gasteiger partial charge is 0.378 e. The molecule has 0 unspecified atom stereocenters. The Morgan fingerprint density at radius 2 is 2.26 bits per heavy atom. The summed E-state index contributed by atoms with van der Waals surface area (Å²) in [6.45, 7) is 2.25. The molecule has 0 aliphatic rings. The predicted molar refractivity (Wildman–Crippen MR) is 87.3 cm³/mol. The molecule has 118 valence electrons. The number of amides is 1. The average Bonchev–Trinajstić information content (AvgIpc) is 3.17. The maximum Gasteiger partial charge on any atom is 0.257 e. The minimum absolute atomic E-state index is 0.225. The molecule has 2 aromatic heterocycles. The monoisotopic (exact) mass is 329 g/mol. The molecule has 3 aromatic rings. The molecule has 2 heterocycles. The van der Waals surface area contributed by atoms with E-state index in [1.165, 1.54) is 11.3 Å². The van der Waals surface area contributed by atoms with Gasteiger partial charge in [0.1, 0.15) is 5.82 Å². The van der Waals surface area contributed by atoms with Crippen molar-refractivity contribution in [2.24, 2.45) is 0 Å². The lowest BCUT2D eigenvalue weighted by Crippen LogP contribution is -2.11. The number of thiazole rings is 1. The van der Waals surface area contributed by atoms with Crippen LogP contribution >= 0.6 is 11.3 Å². The topological polar surface area (TPSA) is 92.8 Å². The minimum atomic E-state index is -0.225. The van der Waals surface area contributed by atoms with Crippen molar-refractivity contribution >= 4 is 22.4 Å². The lowest BCUT2D eigenvalue weighted by molar-refractivity contribution is 0.102. The Morgan fingerprint density at radius 3 is 3.00 bits per heavy atom. The van der Waals surface area contributed by atoms with Crippen LogP contribution in [-0.4, -0.2) is 33.2 Å². The van der Waals surface area contributed by atoms with E-state index < -0.39 is 0 Å². The van der Waals surface area contributed by atoms with Crippen LogP contribution in [-0.2, 0) is 11.3 Å². The van der Waals surface area contributed by atoms with Crippen molar-refractivity contribution in [3.63, 3.8) is 0 Å². The van der Waals surface area contributed by atoms with Crippen molar-refractivity contribution in [2.75, 3.05) is 12.4 Å². The third-order valence-electron chi connectivity index (χ3n) is 3.04. The molecule has 3 rings (SSSR count). The highest BCUT2D eigenvalue weighted by atomic mass is 32.1. The summed E-state index contributed by atoms with van der Waals surface area (Å²) < 4.78 is 5.01. The molecule has 1 amide bonds. The number of carbonyl (C=O) groups is 1. The van der Waals surface area contributed by atoms with Crippen molar-refractivity contribution in [3.8, 4) is 11.4 Å². The Balaban J connectivity index is 1.76. The van der Waals surface area contributed by atoms with E-state index in [-0.39, 0.29) is 5.91 Å². The van der Waals surface area contributed by atoms with Crippen LogP contribution in [0.3, 0.4) is 0 Å². The highest BCUT2D eigenvalue weighted by Crippen LogP contribution is 2.19. The normalized spacial score (nSPS) is 10.7. The number of nitrogens with zero attached hydrogens (tertiary/aromatic N) is 3. The first-order chi connectivity index (χ1) is 11.2. The SMILES string of the molecule is COCc1csc(NC(=O)c2cccc(-c3n[nH]c(C)n3)c2)n1. The molecule has 0 atom stereocenters. The number of nitrogens with one attached hydrogen (secondary N) is 2. The molecule has 23 heavy (non-hydrogen) atoms. The molecule has 0 fully saturated rings. The van der Waals surface area contributed by atoms with E-state index in [1.807, 2.05) is 18.4 Å². The number of aromatic amines is 1. The van der Waals surface area contributed by atoms with E-state index in [1.54, 1.807) is 25.3 Å². The molecule has 7 nitrogen and oxygen atoms in total. The van der Waals surface area contributed by atoms with Crippen LogP contribution in [0.15, 0.2) is 29.6 Å². The number of rotatable bonds is 5. The van der Waals surface area contributed by atoms with Crippen molar-refractivity contribution in [1.82, 2.24) is 20.2 Å². The van der Waals surface area contributed by atoms with Gasteiger partial charge >= 0.3 is 0 Å². The van der Waals surface area contributed by atoms with E-state index in [0.717, 1.165) is 17.1 Å². The number of anilines is 1. The van der Waals surface area contributed by atoms with Gasteiger partial charge in [-0.25, -0.2) is 9.97 Å². The highest BCUT2D eigenvalue weighted by molar-refractivity contribution is 7.13. The number of carbonyl (C=O) groups excluding carboxylic acids is 1. The van der Waals surface area contributed by atoms with Crippen molar-refractivity contribution in [3.05, 3.63) is 46.7 Å². The van der Waals surface area contributed by atoms with Crippen molar-refractivity contribution in [2.45, 2.75) is 13.5 Å². The first kappa shape index (κ1) is 15.3. The zero-order valence-corrected chi connectivity index (χ0v) is 13.5. The summed E-state index contributed by atoms with van der Waals surface area (Å²) in [5.74, 6) is 1.06. The number of aromatic nitrogens is 4. The molecule has 0 radical (unpaired) electrons. The van der Waals surface area contributed by atoms with E-state index >= 15 is 0 Å². The van der Waals surface area contributed by atoms with Gasteiger partial charge in [-0.15, -0.1) is 11.3 Å². The minimum Gasteiger partial charge on any atom is -0.378 e. The van der Waals surface area contributed by atoms with Gasteiger partial charge in [0.2, 0.25) is 0 Å². The fourth-order valence-electron chi connectivity index (χ4n) is 2.02. The van der Waals surface area contributed by atoms with Gasteiger partial charge in [-0.2, -0.15) is 5.10 Å². The Labute approximate surface area is 136 Å². The smallest absolute Gasteiger partial charge is 0.257 e. The zero-order chi connectivity index (χ0) is 16.2. The van der Waals surface area contributed by atoms with E-state index in [2.05, 4.69) is 25.5 Å². The van der Waals surface area contributed by atoms with Gasteiger partial charge in [0.15, 0.2) is 11.0 Å². The predicted octanol–water partition coefficient (Wildman–Crippen LogP) is 2.64. The average molecular weight is 329 g/mol. The molecule has 0 spiro atoms. The number of hydrogen-bond donors (Lipinski definition) is 2. The number of methoxy groups -OCH3 is 1. The molecule has 2 N–H and O–H groups in total. The lowest BCUT2D eigenvalue weighted by atomic mass is 10.1. The molecule has 0 aliphatic carbocycles. The van der Waals surface area contributed by atoms with Gasteiger partial charge in [-0.3, -0.25) is 15.2 Å². The molecule has 0 bridgehead atoms. The van der Waals surface area contributed by atoms with Crippen molar-refractivity contribution < 1.29 is 9.53 Å². The van der Waals surface area contributed by atoms with Gasteiger partial charge < -0.3 is 4.74 Å². The van der Waals surface area contributed by atoms with E-state index in [4.69, 9.17) is 4.74 Å². The highest BCUT2D eigenvalue weighted by Gasteiger charge is 2.11. The first-order valence-corrected chi connectivity index (χ1v) is 7.78. The van der Waals surface area contributed by atoms with Gasteiger partial charge in [-0.1, -0.05) is 12.1 Å². The Hall–Kier alpha value is -2.58. The number of H-pyrrole nitrogens is 1. The Morgan fingerprint density at radius 1 is 1.39 bits per heavy atom. The summed E-state index contributed by atoms with van der Waals surface area (Å²) in [6.07, 6.45) is 0. The van der Waals surface area contributed by atoms with Gasteiger partial charge in [0.05, 0.1) is 12.3 Å². The summed E-state index contributed by atoms with van der Waals surface area (Å²) in [5, 5.41) is 12.1. The van der Waals surface area contributed by atoms with Crippen LogP contribution in [0.1, 0.15) is 21.9 Å². The summed E-state index contributed by atoms with van der Waals surface area (Å²) in [4.78, 5) is 20.9. The molecule has 0 aliphatic heterocycles. The summed E-state index contributed by atoms with van der Waals surface area (Å²) in [7, 11) is 1.61.